The first-order valence-electron chi connectivity index (χ1n) is 6.99. The van der Waals surface area contributed by atoms with E-state index < -0.39 is 5.41 Å². The Hall–Kier alpha value is -0.860. The van der Waals surface area contributed by atoms with Crippen molar-refractivity contribution in [1.82, 2.24) is 0 Å². The number of ether oxygens (including phenoxy) is 1. The number of carbonyl (C=O) groups excluding carboxylic acids is 1. The van der Waals surface area contributed by atoms with Crippen LogP contribution in [0.15, 0.2) is 24.3 Å². The monoisotopic (exact) mass is 398 g/mol. The molecule has 0 spiro atoms. The van der Waals surface area contributed by atoms with E-state index in [4.69, 9.17) is 11.2 Å². The van der Waals surface area contributed by atoms with E-state index in [0.29, 0.717) is 19.6 Å². The fourth-order valence-corrected chi connectivity index (χ4v) is 2.62. The molecule has 0 heterocycles. The summed E-state index contributed by atoms with van der Waals surface area (Å²) in [4.78, 5) is 12.1. The summed E-state index contributed by atoms with van der Waals surface area (Å²) >= 11 is 2.26. The number of carbonyl (C=O) groups is 1. The predicted molar refractivity (Wildman–Crippen MR) is 95.2 cm³/mol. The van der Waals surface area contributed by atoms with Crippen LogP contribution in [0.2, 0.25) is 0 Å². The smallest absolute Gasteiger partial charge is 0.142 e. The fraction of sp³-hybridized carbons (Fsp3) is 0.500. The average molecular weight is 398 g/mol. The van der Waals surface area contributed by atoms with Crippen LogP contribution in [0.5, 0.6) is 0 Å². The molecule has 1 unspecified atom stereocenters. The summed E-state index contributed by atoms with van der Waals surface area (Å²) in [6.45, 7) is 8.62. The number of hydrogen-bond donors (Lipinski definition) is 0. The lowest BCUT2D eigenvalue weighted by Gasteiger charge is -2.30. The van der Waals surface area contributed by atoms with Crippen molar-refractivity contribution in [2.45, 2.75) is 39.5 Å². The molecule has 0 saturated heterocycles. The number of Topliss-reactive ketones (excluding diaryl/α,β-unsaturated/α-hetero) is 1. The van der Waals surface area contributed by atoms with Crippen LogP contribution in [0.3, 0.4) is 0 Å². The molecule has 114 valence electrons. The SMILES string of the molecule is C#CCC(C)(C)COCC(C)(C(C)=O)c1cccc(I)c1. The summed E-state index contributed by atoms with van der Waals surface area (Å²) in [5.41, 5.74) is 0.307. The molecule has 2 nitrogen and oxygen atoms in total. The first kappa shape index (κ1) is 18.2. The van der Waals surface area contributed by atoms with Crippen LogP contribution in [-0.4, -0.2) is 19.0 Å². The van der Waals surface area contributed by atoms with E-state index in [2.05, 4.69) is 42.4 Å². The number of benzene rings is 1. The molecule has 1 aromatic carbocycles. The molecule has 3 heteroatoms. The third-order valence-corrected chi connectivity index (χ3v) is 4.37. The van der Waals surface area contributed by atoms with Crippen molar-refractivity contribution in [3.05, 3.63) is 33.4 Å². The zero-order valence-corrected chi connectivity index (χ0v) is 15.4. The number of hydrogen-bond acceptors (Lipinski definition) is 2. The van der Waals surface area contributed by atoms with Crippen LogP contribution >= 0.6 is 22.6 Å². The highest BCUT2D eigenvalue weighted by atomic mass is 127. The van der Waals surface area contributed by atoms with Gasteiger partial charge in [-0.25, -0.2) is 0 Å². The molecule has 0 aliphatic rings. The van der Waals surface area contributed by atoms with Gasteiger partial charge in [-0.1, -0.05) is 26.0 Å². The maximum absolute atomic E-state index is 12.1. The predicted octanol–water partition coefficient (Wildman–Crippen LogP) is 4.20. The topological polar surface area (TPSA) is 26.3 Å². The number of halogens is 1. The Kier molecular flexibility index (Phi) is 6.42. The van der Waals surface area contributed by atoms with E-state index in [9.17, 15) is 4.79 Å². The maximum atomic E-state index is 12.1. The minimum atomic E-state index is -0.618. The van der Waals surface area contributed by atoms with E-state index in [1.807, 2.05) is 31.2 Å². The molecule has 0 aliphatic heterocycles. The van der Waals surface area contributed by atoms with Gasteiger partial charge in [-0.05, 0) is 59.5 Å². The summed E-state index contributed by atoms with van der Waals surface area (Å²) in [5, 5.41) is 0. The number of ketones is 1. The van der Waals surface area contributed by atoms with Gasteiger partial charge in [-0.15, -0.1) is 12.3 Å². The molecule has 1 aromatic rings. The fourth-order valence-electron chi connectivity index (χ4n) is 2.08. The Balaban J connectivity index is 2.84. The lowest BCUT2D eigenvalue weighted by atomic mass is 9.80. The van der Waals surface area contributed by atoms with Crippen LogP contribution in [-0.2, 0) is 14.9 Å². The summed E-state index contributed by atoms with van der Waals surface area (Å²) in [6, 6.07) is 8.01. The molecule has 0 amide bonds. The van der Waals surface area contributed by atoms with E-state index in [0.717, 1.165) is 9.13 Å². The third kappa shape index (κ3) is 5.12. The Labute approximate surface area is 141 Å². The van der Waals surface area contributed by atoms with Crippen molar-refractivity contribution in [1.29, 1.82) is 0 Å². The lowest BCUT2D eigenvalue weighted by molar-refractivity contribution is -0.124. The quantitative estimate of drug-likeness (QED) is 0.508. The van der Waals surface area contributed by atoms with Gasteiger partial charge in [-0.2, -0.15) is 0 Å². The highest BCUT2D eigenvalue weighted by molar-refractivity contribution is 14.1. The van der Waals surface area contributed by atoms with Gasteiger partial charge in [0.25, 0.3) is 0 Å². The average Bonchev–Trinajstić information content (AvgIpc) is 2.37. The van der Waals surface area contributed by atoms with Crippen molar-refractivity contribution < 1.29 is 9.53 Å². The van der Waals surface area contributed by atoms with Gasteiger partial charge in [-0.3, -0.25) is 4.79 Å². The van der Waals surface area contributed by atoms with Crippen molar-refractivity contribution in [3.8, 4) is 12.3 Å². The van der Waals surface area contributed by atoms with Crippen molar-refractivity contribution >= 4 is 28.4 Å². The van der Waals surface area contributed by atoms with Crippen LogP contribution < -0.4 is 0 Å². The molecule has 0 bridgehead atoms. The zero-order chi connectivity index (χ0) is 16.1. The second-order valence-electron chi connectivity index (χ2n) is 6.44. The van der Waals surface area contributed by atoms with E-state index in [1.54, 1.807) is 6.92 Å². The standard InChI is InChI=1S/C18H23IO2/c1-6-10-17(3,4)12-21-13-18(5,14(2)20)15-8-7-9-16(19)11-15/h1,7-9,11H,10,12-13H2,2-5H3. The Bertz CT molecular complexity index is 542. The van der Waals surface area contributed by atoms with Crippen molar-refractivity contribution in [3.63, 3.8) is 0 Å². The largest absolute Gasteiger partial charge is 0.379 e. The molecule has 0 fully saturated rings. The highest BCUT2D eigenvalue weighted by Gasteiger charge is 2.33. The molecule has 1 rings (SSSR count). The molecule has 0 radical (unpaired) electrons. The second-order valence-corrected chi connectivity index (χ2v) is 7.68. The van der Waals surface area contributed by atoms with Gasteiger partial charge < -0.3 is 4.74 Å². The van der Waals surface area contributed by atoms with Crippen LogP contribution in [0, 0.1) is 21.3 Å². The zero-order valence-electron chi connectivity index (χ0n) is 13.2. The molecular formula is C18H23IO2. The van der Waals surface area contributed by atoms with E-state index >= 15 is 0 Å². The van der Waals surface area contributed by atoms with Gasteiger partial charge in [0.1, 0.15) is 5.78 Å². The Morgan fingerprint density at radius 2 is 2.00 bits per heavy atom. The normalized spacial score (nSPS) is 14.3. The third-order valence-electron chi connectivity index (χ3n) is 3.70. The van der Waals surface area contributed by atoms with Gasteiger partial charge in [0.15, 0.2) is 0 Å². The highest BCUT2D eigenvalue weighted by Crippen LogP contribution is 2.28. The number of rotatable bonds is 7. The summed E-state index contributed by atoms with van der Waals surface area (Å²) in [5.74, 6) is 2.78. The first-order chi connectivity index (χ1) is 9.71. The Morgan fingerprint density at radius 1 is 1.33 bits per heavy atom. The molecule has 0 aliphatic carbocycles. The molecular weight excluding hydrogens is 375 g/mol. The van der Waals surface area contributed by atoms with Gasteiger partial charge in [0, 0.05) is 9.99 Å². The van der Waals surface area contributed by atoms with Crippen LogP contribution in [0.4, 0.5) is 0 Å². The van der Waals surface area contributed by atoms with E-state index in [1.165, 1.54) is 0 Å². The summed E-state index contributed by atoms with van der Waals surface area (Å²) in [6.07, 6.45) is 6.03. The molecule has 21 heavy (non-hydrogen) atoms. The second kappa shape index (κ2) is 7.42. The van der Waals surface area contributed by atoms with Gasteiger partial charge >= 0.3 is 0 Å². The maximum Gasteiger partial charge on any atom is 0.142 e. The van der Waals surface area contributed by atoms with Crippen LogP contribution in [0.1, 0.15) is 39.7 Å². The van der Waals surface area contributed by atoms with Gasteiger partial charge in [0.05, 0.1) is 18.6 Å². The minimum absolute atomic E-state index is 0.0719. The lowest BCUT2D eigenvalue weighted by Crippen LogP contribution is -2.37. The first-order valence-corrected chi connectivity index (χ1v) is 8.07. The van der Waals surface area contributed by atoms with Crippen molar-refractivity contribution in [2.24, 2.45) is 5.41 Å². The molecule has 1 atom stereocenters. The van der Waals surface area contributed by atoms with E-state index in [-0.39, 0.29) is 11.2 Å². The Morgan fingerprint density at radius 3 is 2.52 bits per heavy atom. The summed E-state index contributed by atoms with van der Waals surface area (Å²) in [7, 11) is 0. The molecule has 0 saturated carbocycles. The molecule has 0 aromatic heterocycles. The van der Waals surface area contributed by atoms with Crippen LogP contribution in [0.25, 0.3) is 0 Å². The minimum Gasteiger partial charge on any atom is -0.379 e. The number of terminal acetylenes is 1. The van der Waals surface area contributed by atoms with Gasteiger partial charge in [0.2, 0.25) is 0 Å². The molecule has 0 N–H and O–H groups in total. The van der Waals surface area contributed by atoms with Crippen molar-refractivity contribution in [2.75, 3.05) is 13.2 Å². The summed E-state index contributed by atoms with van der Waals surface area (Å²) < 4.78 is 6.97.